The van der Waals surface area contributed by atoms with E-state index >= 15 is 0 Å². The van der Waals surface area contributed by atoms with Gasteiger partial charge in [0.2, 0.25) is 0 Å². The zero-order valence-corrected chi connectivity index (χ0v) is 18.3. The molecule has 0 fully saturated rings. The fraction of sp³-hybridized carbons (Fsp3) is 0.400. The highest BCUT2D eigenvalue weighted by Crippen LogP contribution is 2.10. The van der Waals surface area contributed by atoms with Gasteiger partial charge in [0.25, 0.3) is 0 Å². The van der Waals surface area contributed by atoms with E-state index in [9.17, 15) is 4.39 Å². The van der Waals surface area contributed by atoms with Crippen LogP contribution in [0.1, 0.15) is 30.9 Å². The summed E-state index contributed by atoms with van der Waals surface area (Å²) in [6.45, 7) is 6.87. The Bertz CT molecular complexity index is 694. The highest BCUT2D eigenvalue weighted by Gasteiger charge is 2.00. The molecule has 0 radical (unpaired) electrons. The second-order valence-electron chi connectivity index (χ2n) is 6.05. The highest BCUT2D eigenvalue weighted by molar-refractivity contribution is 14.0. The summed E-state index contributed by atoms with van der Waals surface area (Å²) in [7, 11) is 0. The summed E-state index contributed by atoms with van der Waals surface area (Å²) in [5.74, 6) is 1.51. The van der Waals surface area contributed by atoms with Gasteiger partial charge in [0.05, 0.1) is 6.54 Å². The number of pyridine rings is 1. The molecule has 0 bridgehead atoms. The van der Waals surface area contributed by atoms with Crippen molar-refractivity contribution in [1.29, 1.82) is 0 Å². The van der Waals surface area contributed by atoms with E-state index in [1.165, 1.54) is 6.07 Å². The number of halogens is 2. The van der Waals surface area contributed by atoms with Crippen molar-refractivity contribution in [1.82, 2.24) is 15.6 Å². The number of hydrogen-bond acceptors (Lipinski definition) is 3. The molecule has 2 aromatic rings. The molecule has 1 aromatic carbocycles. The number of aliphatic imine (C=N–C) groups is 1. The Balaban J connectivity index is 0.00000364. The standard InChI is InChI=1S/C20H28FN5.HI/c1-3-22-20(26-15-17-9-10-18(21)16(2)14-17)25-13-7-6-12-24-19-8-4-5-11-23-19;/h4-5,8-11,14H,3,6-7,12-13,15H2,1-2H3,(H,23,24)(H2,22,25,26);1H. The van der Waals surface area contributed by atoms with Crippen molar-refractivity contribution in [2.45, 2.75) is 33.2 Å². The average molecular weight is 485 g/mol. The molecule has 3 N–H and O–H groups in total. The summed E-state index contributed by atoms with van der Waals surface area (Å²) < 4.78 is 13.3. The minimum absolute atomic E-state index is 0. The number of aromatic nitrogens is 1. The van der Waals surface area contributed by atoms with Gasteiger partial charge in [-0.15, -0.1) is 24.0 Å². The molecule has 0 spiro atoms. The summed E-state index contributed by atoms with van der Waals surface area (Å²) in [6.07, 6.45) is 3.85. The second-order valence-corrected chi connectivity index (χ2v) is 6.05. The number of nitrogens with one attached hydrogen (secondary N) is 3. The molecule has 148 valence electrons. The minimum Gasteiger partial charge on any atom is -0.370 e. The molecule has 0 amide bonds. The van der Waals surface area contributed by atoms with Crippen molar-refractivity contribution in [3.8, 4) is 0 Å². The van der Waals surface area contributed by atoms with E-state index < -0.39 is 0 Å². The molecule has 27 heavy (non-hydrogen) atoms. The first-order valence-corrected chi connectivity index (χ1v) is 9.11. The number of nitrogens with zero attached hydrogens (tertiary/aromatic N) is 2. The van der Waals surface area contributed by atoms with Crippen molar-refractivity contribution in [3.63, 3.8) is 0 Å². The van der Waals surface area contributed by atoms with Crippen LogP contribution in [-0.4, -0.2) is 30.6 Å². The van der Waals surface area contributed by atoms with E-state index in [0.29, 0.717) is 12.1 Å². The zero-order chi connectivity index (χ0) is 18.6. The number of benzene rings is 1. The maximum Gasteiger partial charge on any atom is 0.191 e. The van der Waals surface area contributed by atoms with E-state index in [1.807, 2.05) is 31.2 Å². The van der Waals surface area contributed by atoms with Gasteiger partial charge in [0, 0.05) is 25.8 Å². The predicted octanol–water partition coefficient (Wildman–Crippen LogP) is 4.09. The smallest absolute Gasteiger partial charge is 0.191 e. The SMILES string of the molecule is CCNC(=NCc1ccc(F)c(C)c1)NCCCCNc1ccccn1.I. The van der Waals surface area contributed by atoms with Crippen LogP contribution in [0.4, 0.5) is 10.2 Å². The molecular weight excluding hydrogens is 456 g/mol. The molecule has 1 heterocycles. The van der Waals surface area contributed by atoms with Gasteiger partial charge in [-0.1, -0.05) is 18.2 Å². The lowest BCUT2D eigenvalue weighted by molar-refractivity contribution is 0.617. The Morgan fingerprint density at radius 2 is 1.93 bits per heavy atom. The maximum atomic E-state index is 13.3. The summed E-state index contributed by atoms with van der Waals surface area (Å²) in [5.41, 5.74) is 1.65. The number of unbranched alkanes of at least 4 members (excludes halogenated alkanes) is 1. The summed E-state index contributed by atoms with van der Waals surface area (Å²) in [5, 5.41) is 9.87. The Labute approximate surface area is 178 Å². The van der Waals surface area contributed by atoms with E-state index in [0.717, 1.165) is 49.8 Å². The second kappa shape index (κ2) is 13.3. The van der Waals surface area contributed by atoms with Crippen molar-refractivity contribution < 1.29 is 4.39 Å². The Hall–Kier alpha value is -1.90. The molecule has 1 aromatic heterocycles. The molecule has 0 aliphatic heterocycles. The zero-order valence-electron chi connectivity index (χ0n) is 16.0. The first kappa shape index (κ1) is 23.1. The van der Waals surface area contributed by atoms with Crippen molar-refractivity contribution in [2.75, 3.05) is 25.0 Å². The van der Waals surface area contributed by atoms with Crippen LogP contribution in [0.5, 0.6) is 0 Å². The molecule has 7 heteroatoms. The lowest BCUT2D eigenvalue weighted by atomic mass is 10.1. The first-order valence-electron chi connectivity index (χ1n) is 9.11. The van der Waals surface area contributed by atoms with Gasteiger partial charge in [0.1, 0.15) is 11.6 Å². The van der Waals surface area contributed by atoms with Gasteiger partial charge in [-0.25, -0.2) is 14.4 Å². The quantitative estimate of drug-likeness (QED) is 0.217. The lowest BCUT2D eigenvalue weighted by Gasteiger charge is -2.11. The normalized spacial score (nSPS) is 10.9. The number of aryl methyl sites for hydroxylation is 1. The Kier molecular flexibility index (Phi) is 11.4. The largest absolute Gasteiger partial charge is 0.370 e. The lowest BCUT2D eigenvalue weighted by Crippen LogP contribution is -2.37. The molecule has 0 saturated carbocycles. The average Bonchev–Trinajstić information content (AvgIpc) is 2.66. The third-order valence-corrected chi connectivity index (χ3v) is 3.85. The van der Waals surface area contributed by atoms with Gasteiger partial charge in [0.15, 0.2) is 5.96 Å². The Morgan fingerprint density at radius 3 is 2.63 bits per heavy atom. The van der Waals surface area contributed by atoms with E-state index in [1.54, 1.807) is 19.2 Å². The van der Waals surface area contributed by atoms with Crippen LogP contribution in [0, 0.1) is 12.7 Å². The third-order valence-electron chi connectivity index (χ3n) is 3.85. The van der Waals surface area contributed by atoms with E-state index in [2.05, 4.69) is 25.9 Å². The number of rotatable bonds is 9. The maximum absolute atomic E-state index is 13.3. The molecule has 0 unspecified atom stereocenters. The van der Waals surface area contributed by atoms with Gasteiger partial charge in [-0.2, -0.15) is 0 Å². The minimum atomic E-state index is -0.179. The third kappa shape index (κ3) is 9.03. The summed E-state index contributed by atoms with van der Waals surface area (Å²) >= 11 is 0. The number of hydrogen-bond donors (Lipinski definition) is 3. The predicted molar refractivity (Wildman–Crippen MR) is 121 cm³/mol. The molecule has 0 aliphatic carbocycles. The summed E-state index contributed by atoms with van der Waals surface area (Å²) in [6, 6.07) is 11.0. The van der Waals surface area contributed by atoms with Crippen LogP contribution in [0.3, 0.4) is 0 Å². The molecular formula is C20H29FIN5. The van der Waals surface area contributed by atoms with Crippen LogP contribution in [-0.2, 0) is 6.54 Å². The van der Waals surface area contributed by atoms with Crippen molar-refractivity contribution in [3.05, 3.63) is 59.5 Å². The van der Waals surface area contributed by atoms with E-state index in [4.69, 9.17) is 0 Å². The van der Waals surface area contributed by atoms with Gasteiger partial charge < -0.3 is 16.0 Å². The van der Waals surface area contributed by atoms with Crippen molar-refractivity contribution >= 4 is 35.8 Å². The van der Waals surface area contributed by atoms with Crippen LogP contribution in [0.15, 0.2) is 47.6 Å². The monoisotopic (exact) mass is 485 g/mol. The molecule has 0 atom stereocenters. The van der Waals surface area contributed by atoms with Crippen molar-refractivity contribution in [2.24, 2.45) is 4.99 Å². The molecule has 0 saturated heterocycles. The molecule has 0 aliphatic rings. The Morgan fingerprint density at radius 1 is 1.11 bits per heavy atom. The van der Waals surface area contributed by atoms with Gasteiger partial charge in [-0.05, 0) is 56.0 Å². The number of guanidine groups is 1. The summed E-state index contributed by atoms with van der Waals surface area (Å²) in [4.78, 5) is 8.80. The first-order chi connectivity index (χ1) is 12.7. The fourth-order valence-electron chi connectivity index (χ4n) is 2.46. The fourth-order valence-corrected chi connectivity index (χ4v) is 2.46. The van der Waals surface area contributed by atoms with E-state index in [-0.39, 0.29) is 29.8 Å². The van der Waals surface area contributed by atoms with Crippen LogP contribution in [0.25, 0.3) is 0 Å². The topological polar surface area (TPSA) is 61.3 Å². The highest BCUT2D eigenvalue weighted by atomic mass is 127. The molecule has 5 nitrogen and oxygen atoms in total. The van der Waals surface area contributed by atoms with Crippen LogP contribution < -0.4 is 16.0 Å². The van der Waals surface area contributed by atoms with Gasteiger partial charge >= 0.3 is 0 Å². The van der Waals surface area contributed by atoms with Gasteiger partial charge in [-0.3, -0.25) is 0 Å². The number of anilines is 1. The van der Waals surface area contributed by atoms with Crippen LogP contribution >= 0.6 is 24.0 Å². The molecule has 2 rings (SSSR count). The van der Waals surface area contributed by atoms with Crippen LogP contribution in [0.2, 0.25) is 0 Å².